The summed E-state index contributed by atoms with van der Waals surface area (Å²) in [5.41, 5.74) is 5.08. The highest BCUT2D eigenvalue weighted by molar-refractivity contribution is 8.17. The number of hydrogen-bond acceptors (Lipinski definition) is 4. The summed E-state index contributed by atoms with van der Waals surface area (Å²) in [4.78, 5) is 19.1. The van der Waals surface area contributed by atoms with E-state index >= 15 is 0 Å². The molecule has 2 aliphatic rings. The Morgan fingerprint density at radius 1 is 0.889 bits per heavy atom. The first kappa shape index (κ1) is 22.3. The zero-order chi connectivity index (χ0) is 24.6. The number of para-hydroxylation sites is 1. The Kier molecular flexibility index (Phi) is 5.64. The average Bonchev–Trinajstić information content (AvgIpc) is 3.53. The van der Waals surface area contributed by atoms with E-state index in [4.69, 9.17) is 22.1 Å². The van der Waals surface area contributed by atoms with E-state index in [-0.39, 0.29) is 11.4 Å². The maximum Gasteiger partial charge on any atom is 0.283 e. The van der Waals surface area contributed by atoms with Crippen molar-refractivity contribution < 1.29 is 4.79 Å². The minimum Gasteiger partial charge on any atom is -0.283 e. The zero-order valence-corrected chi connectivity index (χ0v) is 20.4. The number of thioether (sulfide) groups is 1. The van der Waals surface area contributed by atoms with Crippen molar-refractivity contribution in [2.75, 3.05) is 0 Å². The van der Waals surface area contributed by atoms with E-state index in [9.17, 15) is 4.79 Å². The maximum absolute atomic E-state index is 13.1. The van der Waals surface area contributed by atoms with E-state index in [0.717, 1.165) is 22.5 Å². The summed E-state index contributed by atoms with van der Waals surface area (Å²) in [5.74, 6) is -0.365. The lowest BCUT2D eigenvalue weighted by molar-refractivity contribution is -0.114. The van der Waals surface area contributed by atoms with Crippen LogP contribution >= 0.6 is 23.4 Å². The number of carbonyl (C=O) groups excluding carboxylic acids is 1. The van der Waals surface area contributed by atoms with Crippen molar-refractivity contribution in [3.8, 4) is 16.9 Å². The monoisotopic (exact) mass is 507 g/mol. The summed E-state index contributed by atoms with van der Waals surface area (Å²) in [5, 5.41) is 16.8. The first-order valence-electron chi connectivity index (χ1n) is 11.2. The van der Waals surface area contributed by atoms with Gasteiger partial charge in [-0.15, -0.1) is 0 Å². The summed E-state index contributed by atoms with van der Waals surface area (Å²) in [7, 11) is 0. The molecule has 0 unspecified atom stereocenters. The third-order valence-electron chi connectivity index (χ3n) is 5.86. The zero-order valence-electron chi connectivity index (χ0n) is 18.8. The molecule has 0 atom stereocenters. The quantitative estimate of drug-likeness (QED) is 0.320. The van der Waals surface area contributed by atoms with Crippen LogP contribution in [0.25, 0.3) is 28.7 Å². The third-order valence-corrected chi connectivity index (χ3v) is 6.94. The molecule has 0 bridgehead atoms. The number of halogens is 1. The number of nitrogens with one attached hydrogen (secondary N) is 1. The average molecular weight is 508 g/mol. The molecule has 1 amide bonds. The second-order valence-electron chi connectivity index (χ2n) is 8.15. The van der Waals surface area contributed by atoms with Gasteiger partial charge >= 0.3 is 0 Å². The number of aliphatic imine (C=N–C) groups is 1. The van der Waals surface area contributed by atoms with Crippen molar-refractivity contribution in [3.63, 3.8) is 0 Å². The van der Waals surface area contributed by atoms with E-state index in [2.05, 4.69) is 4.99 Å². The Labute approximate surface area is 216 Å². The molecule has 0 radical (unpaired) electrons. The predicted octanol–water partition coefficient (Wildman–Crippen LogP) is 6.50. The molecule has 3 aromatic carbocycles. The molecule has 0 spiro atoms. The second kappa shape index (κ2) is 9.11. The molecule has 2 aliphatic heterocycles. The van der Waals surface area contributed by atoms with Gasteiger partial charge in [0.25, 0.3) is 5.91 Å². The van der Waals surface area contributed by atoms with Gasteiger partial charge in [0.1, 0.15) is 5.84 Å². The van der Waals surface area contributed by atoms with Gasteiger partial charge in [-0.3, -0.25) is 15.1 Å². The van der Waals surface area contributed by atoms with Crippen LogP contribution in [0, 0.1) is 5.41 Å². The van der Waals surface area contributed by atoms with Crippen molar-refractivity contribution in [3.05, 3.63) is 118 Å². The Bertz CT molecular complexity index is 1590. The molecule has 0 saturated carbocycles. The number of rotatable bonds is 4. The topological polar surface area (TPSA) is 74.3 Å². The van der Waals surface area contributed by atoms with E-state index < -0.39 is 5.91 Å². The molecular weight excluding hydrogens is 490 g/mol. The predicted molar refractivity (Wildman–Crippen MR) is 146 cm³/mol. The van der Waals surface area contributed by atoms with E-state index in [1.54, 1.807) is 27.8 Å². The van der Waals surface area contributed by atoms with Gasteiger partial charge in [0.2, 0.25) is 0 Å². The molecule has 1 N–H and O–H groups in total. The van der Waals surface area contributed by atoms with Gasteiger partial charge in [0, 0.05) is 27.8 Å². The van der Waals surface area contributed by atoms with Crippen LogP contribution in [0.15, 0.2) is 107 Å². The highest BCUT2D eigenvalue weighted by Gasteiger charge is 2.36. The number of amidine groups is 2. The molecule has 3 heterocycles. The summed E-state index contributed by atoms with van der Waals surface area (Å²) in [6.07, 6.45) is 3.56. The highest BCUT2D eigenvalue weighted by Crippen LogP contribution is 2.38. The summed E-state index contributed by atoms with van der Waals surface area (Å²) >= 11 is 7.46. The Hall–Kier alpha value is -4.20. The molecule has 0 saturated heterocycles. The Morgan fingerprint density at radius 3 is 2.31 bits per heavy atom. The Morgan fingerprint density at radius 2 is 1.58 bits per heavy atom. The van der Waals surface area contributed by atoms with Crippen LogP contribution in [0.5, 0.6) is 0 Å². The number of hydrogen-bond donors (Lipinski definition) is 1. The van der Waals surface area contributed by atoms with Crippen LogP contribution in [0.4, 0.5) is 0 Å². The van der Waals surface area contributed by atoms with Crippen LogP contribution in [0.2, 0.25) is 5.02 Å². The summed E-state index contributed by atoms with van der Waals surface area (Å²) in [6.45, 7) is 0. The van der Waals surface area contributed by atoms with Gasteiger partial charge in [0.05, 0.1) is 22.7 Å². The summed E-state index contributed by atoms with van der Waals surface area (Å²) < 4.78 is 1.77. The van der Waals surface area contributed by atoms with Gasteiger partial charge in [-0.05, 0) is 35.9 Å². The van der Waals surface area contributed by atoms with E-state index in [0.29, 0.717) is 21.4 Å². The molecule has 4 aromatic rings. The first-order valence-corrected chi connectivity index (χ1v) is 12.4. The molecule has 6 nitrogen and oxygen atoms in total. The van der Waals surface area contributed by atoms with Gasteiger partial charge < -0.3 is 0 Å². The molecule has 0 aliphatic carbocycles. The van der Waals surface area contributed by atoms with Gasteiger partial charge in [-0.25, -0.2) is 4.68 Å². The lowest BCUT2D eigenvalue weighted by Gasteiger charge is -2.26. The van der Waals surface area contributed by atoms with Gasteiger partial charge in [-0.1, -0.05) is 84.0 Å². The fraction of sp³-hybridized carbons (Fsp3) is 0. The first-order chi connectivity index (χ1) is 17.6. The van der Waals surface area contributed by atoms with Gasteiger partial charge in [0.15, 0.2) is 5.17 Å². The molecule has 174 valence electrons. The fourth-order valence-electron chi connectivity index (χ4n) is 4.11. The third kappa shape index (κ3) is 3.98. The molecule has 36 heavy (non-hydrogen) atoms. The van der Waals surface area contributed by atoms with Crippen molar-refractivity contribution in [1.29, 1.82) is 5.41 Å². The number of fused-ring (bicyclic) bond motifs is 1. The Balaban J connectivity index is 1.46. The van der Waals surface area contributed by atoms with Crippen LogP contribution in [0.1, 0.15) is 11.1 Å². The van der Waals surface area contributed by atoms with E-state index in [1.165, 1.54) is 11.8 Å². The second-order valence-corrected chi connectivity index (χ2v) is 9.42. The van der Waals surface area contributed by atoms with Gasteiger partial charge in [-0.2, -0.15) is 10.1 Å². The minimum atomic E-state index is -0.448. The minimum absolute atomic E-state index is 0.0830. The number of aromatic nitrogens is 2. The van der Waals surface area contributed by atoms with Crippen molar-refractivity contribution >= 4 is 52.0 Å². The molecule has 8 heteroatoms. The fourth-order valence-corrected chi connectivity index (χ4v) is 5.12. The number of benzene rings is 3. The number of carbonyl (C=O) groups is 1. The summed E-state index contributed by atoms with van der Waals surface area (Å²) in [6, 6.07) is 26.9. The molecule has 1 aromatic heterocycles. The normalized spacial score (nSPS) is 16.2. The van der Waals surface area contributed by atoms with E-state index in [1.807, 2.05) is 84.4 Å². The highest BCUT2D eigenvalue weighted by atomic mass is 35.5. The van der Waals surface area contributed by atoms with Crippen LogP contribution in [-0.2, 0) is 4.79 Å². The van der Waals surface area contributed by atoms with Crippen molar-refractivity contribution in [2.24, 2.45) is 4.99 Å². The largest absolute Gasteiger partial charge is 0.283 e. The molecule has 6 rings (SSSR count). The SMILES string of the molecule is N=C1/C(=C/c2cn(-c3ccccc3)nc2-c2ccc(Cl)cc2)C(=O)N=C2SC=C(c3ccccc3)N12. The van der Waals surface area contributed by atoms with Crippen molar-refractivity contribution in [1.82, 2.24) is 14.7 Å². The lowest BCUT2D eigenvalue weighted by Crippen LogP contribution is -2.38. The molecular formula is C28H18ClN5OS. The standard InChI is InChI=1S/C28H18ClN5OS/c29-21-13-11-19(12-14-21)25-20(16-33(32-25)22-9-5-2-6-10-22)15-23-26(30)34-24(18-7-3-1-4-8-18)17-36-28(34)31-27(23)35/h1-17,30H/b23-15-,30-26?. The maximum atomic E-state index is 13.1. The number of amides is 1. The van der Waals surface area contributed by atoms with Crippen LogP contribution in [-0.4, -0.2) is 31.6 Å². The molecule has 0 fully saturated rings. The number of nitrogens with zero attached hydrogens (tertiary/aromatic N) is 4. The van der Waals surface area contributed by atoms with Crippen LogP contribution < -0.4 is 0 Å². The van der Waals surface area contributed by atoms with Crippen LogP contribution in [0.3, 0.4) is 0 Å². The lowest BCUT2D eigenvalue weighted by atomic mass is 10.0. The van der Waals surface area contributed by atoms with Crippen molar-refractivity contribution in [2.45, 2.75) is 0 Å². The smallest absolute Gasteiger partial charge is 0.283 e.